The number of nitrogen functional groups attached to an aromatic ring is 1. The Balaban J connectivity index is 2.79. The highest BCUT2D eigenvalue weighted by Crippen LogP contribution is 2.16. The summed E-state index contributed by atoms with van der Waals surface area (Å²) in [6.07, 6.45) is 0. The summed E-state index contributed by atoms with van der Waals surface area (Å²) in [5.74, 6) is 0.431. The van der Waals surface area contributed by atoms with E-state index in [1.54, 1.807) is 0 Å². The van der Waals surface area contributed by atoms with E-state index in [2.05, 4.69) is 48.7 Å². The zero-order chi connectivity index (χ0) is 9.42. The number of hydrogen-bond acceptors (Lipinski definition) is 3. The molecule has 2 aromatic rings. The molecular formula is C7H6BrIN4. The summed E-state index contributed by atoms with van der Waals surface area (Å²) in [6, 6.07) is 4.00. The monoisotopic (exact) mass is 352 g/mol. The third kappa shape index (κ3) is 1.52. The Labute approximate surface area is 96.8 Å². The molecule has 2 rings (SSSR count). The maximum Gasteiger partial charge on any atom is 0.227 e. The smallest absolute Gasteiger partial charge is 0.227 e. The van der Waals surface area contributed by atoms with Gasteiger partial charge in [-0.15, -0.1) is 10.2 Å². The van der Waals surface area contributed by atoms with Crippen molar-refractivity contribution in [2.24, 2.45) is 0 Å². The number of rotatable bonds is 1. The summed E-state index contributed by atoms with van der Waals surface area (Å²) in [4.78, 5) is 0. The summed E-state index contributed by atoms with van der Waals surface area (Å²) in [5.41, 5.74) is 7.60. The lowest BCUT2D eigenvalue weighted by atomic mass is 10.3. The molecule has 0 saturated heterocycles. The average Bonchev–Trinajstić information content (AvgIpc) is 2.48. The second-order valence-electron chi connectivity index (χ2n) is 2.57. The molecule has 0 atom stereocenters. The summed E-state index contributed by atoms with van der Waals surface area (Å²) in [7, 11) is 0. The van der Waals surface area contributed by atoms with Crippen LogP contribution >= 0.6 is 38.5 Å². The third-order valence-corrected chi connectivity index (χ3v) is 3.14. The number of aromatic nitrogens is 3. The third-order valence-electron chi connectivity index (χ3n) is 1.70. The Bertz CT molecular complexity index is 453. The van der Waals surface area contributed by atoms with Gasteiger partial charge < -0.3 is 5.73 Å². The fraction of sp³-hybridized carbons (Fsp3) is 0.143. The van der Waals surface area contributed by atoms with E-state index in [9.17, 15) is 0 Å². The lowest BCUT2D eigenvalue weighted by Crippen LogP contribution is -1.98. The molecular weight excluding hydrogens is 347 g/mol. The predicted octanol–water partition coefficient (Wildman–Crippen LogP) is 1.81. The van der Waals surface area contributed by atoms with Crippen LogP contribution in [0.15, 0.2) is 12.1 Å². The van der Waals surface area contributed by atoms with Crippen LogP contribution in [0.1, 0.15) is 5.56 Å². The van der Waals surface area contributed by atoms with Crippen LogP contribution in [0.3, 0.4) is 0 Å². The van der Waals surface area contributed by atoms with Crippen molar-refractivity contribution in [3.63, 3.8) is 0 Å². The maximum atomic E-state index is 5.64. The minimum absolute atomic E-state index is 0.431. The van der Waals surface area contributed by atoms with Gasteiger partial charge in [0.15, 0.2) is 5.65 Å². The molecule has 2 aromatic heterocycles. The van der Waals surface area contributed by atoms with Crippen LogP contribution in [0.2, 0.25) is 0 Å². The molecule has 2 N–H and O–H groups in total. The first-order valence-corrected chi connectivity index (χ1v) is 5.77. The first-order chi connectivity index (χ1) is 6.22. The van der Waals surface area contributed by atoms with Crippen LogP contribution in [0.4, 0.5) is 5.95 Å². The first kappa shape index (κ1) is 9.20. The highest BCUT2D eigenvalue weighted by molar-refractivity contribution is 14.1. The second-order valence-corrected chi connectivity index (χ2v) is 4.24. The zero-order valence-electron chi connectivity index (χ0n) is 6.54. The van der Waals surface area contributed by atoms with E-state index in [0.29, 0.717) is 5.95 Å². The number of alkyl halides is 1. The number of nitrogens with two attached hydrogens (primary N) is 1. The maximum absolute atomic E-state index is 5.64. The van der Waals surface area contributed by atoms with Gasteiger partial charge in [-0.25, -0.2) is 0 Å². The van der Waals surface area contributed by atoms with Crippen LogP contribution in [0.5, 0.6) is 0 Å². The van der Waals surface area contributed by atoms with E-state index >= 15 is 0 Å². The fourth-order valence-corrected chi connectivity index (χ4v) is 2.34. The molecule has 6 heteroatoms. The van der Waals surface area contributed by atoms with E-state index in [1.807, 2.05) is 16.5 Å². The molecule has 13 heavy (non-hydrogen) atoms. The summed E-state index contributed by atoms with van der Waals surface area (Å²) < 4.78 is 2.83. The number of anilines is 1. The van der Waals surface area contributed by atoms with Crippen molar-refractivity contribution in [3.05, 3.63) is 21.4 Å². The van der Waals surface area contributed by atoms with Gasteiger partial charge in [-0.05, 0) is 40.3 Å². The topological polar surface area (TPSA) is 56.2 Å². The van der Waals surface area contributed by atoms with Gasteiger partial charge in [-0.3, -0.25) is 4.40 Å². The molecule has 0 saturated carbocycles. The lowest BCUT2D eigenvalue weighted by Gasteiger charge is -2.01. The Morgan fingerprint density at radius 1 is 1.46 bits per heavy atom. The van der Waals surface area contributed by atoms with Crippen LogP contribution in [-0.2, 0) is 5.33 Å². The molecule has 4 nitrogen and oxygen atoms in total. The molecule has 0 unspecified atom stereocenters. The molecule has 68 valence electrons. The highest BCUT2D eigenvalue weighted by atomic mass is 127. The Morgan fingerprint density at radius 3 is 2.92 bits per heavy atom. The summed E-state index contributed by atoms with van der Waals surface area (Å²) in [5, 5.41) is 8.56. The highest BCUT2D eigenvalue weighted by Gasteiger charge is 2.06. The van der Waals surface area contributed by atoms with E-state index in [0.717, 1.165) is 14.7 Å². The van der Waals surface area contributed by atoms with E-state index in [1.165, 1.54) is 5.56 Å². The van der Waals surface area contributed by atoms with Gasteiger partial charge in [0.05, 0.1) is 3.70 Å². The zero-order valence-corrected chi connectivity index (χ0v) is 10.3. The Kier molecular flexibility index (Phi) is 2.41. The minimum atomic E-state index is 0.431. The number of halogens is 2. The predicted molar refractivity (Wildman–Crippen MR) is 62.7 cm³/mol. The van der Waals surface area contributed by atoms with Gasteiger partial charge >= 0.3 is 0 Å². The molecule has 0 aliphatic carbocycles. The van der Waals surface area contributed by atoms with E-state index in [-0.39, 0.29) is 0 Å². The van der Waals surface area contributed by atoms with E-state index < -0.39 is 0 Å². The minimum Gasteiger partial charge on any atom is -0.368 e. The molecule has 2 heterocycles. The van der Waals surface area contributed by atoms with Crippen molar-refractivity contribution in [1.82, 2.24) is 14.6 Å². The van der Waals surface area contributed by atoms with Crippen molar-refractivity contribution >= 4 is 50.1 Å². The summed E-state index contributed by atoms with van der Waals surface area (Å²) in [6.45, 7) is 0. The summed E-state index contributed by atoms with van der Waals surface area (Å²) >= 11 is 5.60. The normalized spacial score (nSPS) is 10.9. The molecule has 0 radical (unpaired) electrons. The van der Waals surface area contributed by atoms with E-state index in [4.69, 9.17) is 5.73 Å². The molecule has 0 fully saturated rings. The van der Waals surface area contributed by atoms with Crippen molar-refractivity contribution < 1.29 is 0 Å². The number of nitrogens with zero attached hydrogens (tertiary/aromatic N) is 3. The standard InChI is InChI=1S/C7H6BrIN4/c8-3-4-1-5(9)13-6(2-4)11-12-7(13)10/h1-2H,3H2,(H2,10,12). The number of fused-ring (bicyclic) bond motifs is 1. The molecule has 0 spiro atoms. The van der Waals surface area contributed by atoms with Crippen LogP contribution < -0.4 is 5.73 Å². The number of pyridine rings is 1. The van der Waals surface area contributed by atoms with Gasteiger partial charge in [0.25, 0.3) is 0 Å². The SMILES string of the molecule is Nc1nnc2cc(CBr)cc(I)n12. The van der Waals surface area contributed by atoms with Gasteiger partial charge in [0.1, 0.15) is 0 Å². The van der Waals surface area contributed by atoms with Gasteiger partial charge in [-0.2, -0.15) is 0 Å². The van der Waals surface area contributed by atoms with Crippen molar-refractivity contribution in [2.75, 3.05) is 5.73 Å². The Morgan fingerprint density at radius 2 is 2.23 bits per heavy atom. The fourth-order valence-electron chi connectivity index (χ4n) is 1.12. The Hall–Kier alpha value is -0.370. The molecule has 0 aliphatic heterocycles. The van der Waals surface area contributed by atoms with Crippen molar-refractivity contribution in [1.29, 1.82) is 0 Å². The average molecular weight is 353 g/mol. The largest absolute Gasteiger partial charge is 0.368 e. The van der Waals surface area contributed by atoms with Crippen LogP contribution in [-0.4, -0.2) is 14.6 Å². The second kappa shape index (κ2) is 3.41. The molecule has 0 amide bonds. The molecule has 0 aliphatic rings. The molecule has 0 aromatic carbocycles. The lowest BCUT2D eigenvalue weighted by molar-refractivity contribution is 1.11. The molecule has 0 bridgehead atoms. The van der Waals surface area contributed by atoms with Crippen LogP contribution in [0.25, 0.3) is 5.65 Å². The first-order valence-electron chi connectivity index (χ1n) is 3.57. The van der Waals surface area contributed by atoms with Gasteiger partial charge in [0, 0.05) is 5.33 Å². The number of hydrogen-bond donors (Lipinski definition) is 1. The van der Waals surface area contributed by atoms with Crippen LogP contribution in [0, 0.1) is 3.70 Å². The van der Waals surface area contributed by atoms with Crippen molar-refractivity contribution in [2.45, 2.75) is 5.33 Å². The van der Waals surface area contributed by atoms with Gasteiger partial charge in [0.2, 0.25) is 5.95 Å². The van der Waals surface area contributed by atoms with Crippen molar-refractivity contribution in [3.8, 4) is 0 Å². The van der Waals surface area contributed by atoms with Gasteiger partial charge in [-0.1, -0.05) is 15.9 Å². The quantitative estimate of drug-likeness (QED) is 0.484.